The predicted molar refractivity (Wildman–Crippen MR) is 43.2 cm³/mol. The van der Waals surface area contributed by atoms with Gasteiger partial charge in [-0.1, -0.05) is 13.8 Å². The Hall–Kier alpha value is -0.790. The monoisotopic (exact) mass is 154 g/mol. The Kier molecular flexibility index (Phi) is 2.69. The molecule has 0 saturated heterocycles. The van der Waals surface area contributed by atoms with Crippen LogP contribution >= 0.6 is 0 Å². The van der Waals surface area contributed by atoms with Crippen molar-refractivity contribution in [1.82, 2.24) is 0 Å². The maximum atomic E-state index is 11.0. The molecule has 0 radical (unpaired) electrons. The predicted octanol–water partition coefficient (Wildman–Crippen LogP) is 2.05. The Bertz CT molecular complexity index is 182. The lowest BCUT2D eigenvalue weighted by Crippen LogP contribution is -2.20. The quantitative estimate of drug-likeness (QED) is 0.608. The SMILES string of the molecule is CCC1=CC(=O)C[C@@H](CC)O1. The van der Waals surface area contributed by atoms with Gasteiger partial charge in [-0.25, -0.2) is 0 Å². The molecule has 62 valence electrons. The van der Waals surface area contributed by atoms with E-state index in [1.165, 1.54) is 0 Å². The zero-order valence-corrected chi connectivity index (χ0v) is 7.09. The van der Waals surface area contributed by atoms with Gasteiger partial charge in [-0.3, -0.25) is 4.79 Å². The van der Waals surface area contributed by atoms with Crippen LogP contribution in [0, 0.1) is 0 Å². The maximum Gasteiger partial charge on any atom is 0.162 e. The van der Waals surface area contributed by atoms with Gasteiger partial charge < -0.3 is 4.74 Å². The van der Waals surface area contributed by atoms with E-state index in [2.05, 4.69) is 0 Å². The van der Waals surface area contributed by atoms with Crippen LogP contribution in [0.4, 0.5) is 0 Å². The molecule has 0 aromatic carbocycles. The average molecular weight is 154 g/mol. The fourth-order valence-electron chi connectivity index (χ4n) is 1.17. The van der Waals surface area contributed by atoms with Gasteiger partial charge in [0.1, 0.15) is 6.10 Å². The lowest BCUT2D eigenvalue weighted by atomic mass is 10.1. The Labute approximate surface area is 67.2 Å². The molecule has 0 aromatic heterocycles. The van der Waals surface area contributed by atoms with E-state index in [0.29, 0.717) is 6.42 Å². The van der Waals surface area contributed by atoms with E-state index in [1.807, 2.05) is 13.8 Å². The number of ether oxygens (including phenoxy) is 1. The molecular formula is C9H14O2. The van der Waals surface area contributed by atoms with Gasteiger partial charge in [-0.05, 0) is 6.42 Å². The fraction of sp³-hybridized carbons (Fsp3) is 0.667. The molecular weight excluding hydrogens is 140 g/mol. The summed E-state index contributed by atoms with van der Waals surface area (Å²) in [4.78, 5) is 11.0. The average Bonchev–Trinajstić information content (AvgIpc) is 2.03. The minimum absolute atomic E-state index is 0.127. The molecule has 1 rings (SSSR count). The molecule has 11 heavy (non-hydrogen) atoms. The van der Waals surface area contributed by atoms with Gasteiger partial charge in [0.2, 0.25) is 0 Å². The summed E-state index contributed by atoms with van der Waals surface area (Å²) in [5.74, 6) is 1.05. The second-order valence-electron chi connectivity index (χ2n) is 2.78. The first-order chi connectivity index (χ1) is 5.26. The van der Waals surface area contributed by atoms with Crippen LogP contribution < -0.4 is 0 Å². The first kappa shape index (κ1) is 8.31. The summed E-state index contributed by atoms with van der Waals surface area (Å²) in [7, 11) is 0. The van der Waals surface area contributed by atoms with Gasteiger partial charge >= 0.3 is 0 Å². The highest BCUT2D eigenvalue weighted by Gasteiger charge is 2.18. The highest BCUT2D eigenvalue weighted by Crippen LogP contribution is 2.18. The summed E-state index contributed by atoms with van der Waals surface area (Å²) in [5, 5.41) is 0. The van der Waals surface area contributed by atoms with E-state index >= 15 is 0 Å². The summed E-state index contributed by atoms with van der Waals surface area (Å²) in [5.41, 5.74) is 0. The van der Waals surface area contributed by atoms with Gasteiger partial charge in [-0.15, -0.1) is 0 Å². The molecule has 1 heterocycles. The number of hydrogen-bond donors (Lipinski definition) is 0. The molecule has 0 N–H and O–H groups in total. The largest absolute Gasteiger partial charge is 0.494 e. The topological polar surface area (TPSA) is 26.3 Å². The summed E-state index contributed by atoms with van der Waals surface area (Å²) in [6.07, 6.45) is 4.04. The van der Waals surface area contributed by atoms with Crippen molar-refractivity contribution in [2.75, 3.05) is 0 Å². The van der Waals surface area contributed by atoms with Crippen molar-refractivity contribution in [3.05, 3.63) is 11.8 Å². The Balaban J connectivity index is 2.61. The van der Waals surface area contributed by atoms with E-state index in [1.54, 1.807) is 6.08 Å². The number of carbonyl (C=O) groups is 1. The lowest BCUT2D eigenvalue weighted by Gasteiger charge is -2.21. The number of rotatable bonds is 2. The number of allylic oxidation sites excluding steroid dienone is 2. The zero-order chi connectivity index (χ0) is 8.27. The molecule has 0 aliphatic carbocycles. The molecule has 0 spiro atoms. The van der Waals surface area contributed by atoms with Crippen LogP contribution in [0.5, 0.6) is 0 Å². The lowest BCUT2D eigenvalue weighted by molar-refractivity contribution is -0.118. The minimum Gasteiger partial charge on any atom is -0.494 e. The fourth-order valence-corrected chi connectivity index (χ4v) is 1.17. The standard InChI is InChI=1S/C9H14O2/c1-3-8-5-7(10)6-9(4-2)11-8/h5,9H,3-4,6H2,1-2H3/t9-/m1/s1. The van der Waals surface area contributed by atoms with Crippen LogP contribution in [0.2, 0.25) is 0 Å². The zero-order valence-electron chi connectivity index (χ0n) is 7.09. The van der Waals surface area contributed by atoms with E-state index in [0.717, 1.165) is 18.6 Å². The normalized spacial score (nSPS) is 24.4. The molecule has 1 aliphatic heterocycles. The first-order valence-corrected chi connectivity index (χ1v) is 4.16. The first-order valence-electron chi connectivity index (χ1n) is 4.16. The van der Waals surface area contributed by atoms with Crippen molar-refractivity contribution < 1.29 is 9.53 Å². The summed E-state index contributed by atoms with van der Waals surface area (Å²) in [6, 6.07) is 0. The van der Waals surface area contributed by atoms with Gasteiger partial charge in [-0.2, -0.15) is 0 Å². The molecule has 2 nitrogen and oxygen atoms in total. The third-order valence-electron chi connectivity index (χ3n) is 1.87. The molecule has 0 aromatic rings. The molecule has 0 saturated carbocycles. The van der Waals surface area contributed by atoms with Crippen LogP contribution in [-0.4, -0.2) is 11.9 Å². The number of carbonyl (C=O) groups excluding carboxylic acids is 1. The Morgan fingerprint density at radius 1 is 1.64 bits per heavy atom. The van der Waals surface area contributed by atoms with Crippen LogP contribution in [-0.2, 0) is 9.53 Å². The second kappa shape index (κ2) is 3.56. The summed E-state index contributed by atoms with van der Waals surface area (Å²) >= 11 is 0. The smallest absolute Gasteiger partial charge is 0.162 e. The van der Waals surface area contributed by atoms with Gasteiger partial charge in [0.05, 0.1) is 5.76 Å². The summed E-state index contributed by atoms with van der Waals surface area (Å²) in [6.45, 7) is 4.04. The molecule has 0 bridgehead atoms. The molecule has 0 fully saturated rings. The number of ketones is 1. The third kappa shape index (κ3) is 2.07. The second-order valence-corrected chi connectivity index (χ2v) is 2.78. The van der Waals surface area contributed by atoms with Crippen LogP contribution in [0.15, 0.2) is 11.8 Å². The third-order valence-corrected chi connectivity index (χ3v) is 1.87. The van der Waals surface area contributed by atoms with Crippen molar-refractivity contribution in [2.45, 2.75) is 39.2 Å². The van der Waals surface area contributed by atoms with Crippen molar-refractivity contribution in [2.24, 2.45) is 0 Å². The van der Waals surface area contributed by atoms with E-state index in [-0.39, 0.29) is 11.9 Å². The molecule has 0 unspecified atom stereocenters. The Morgan fingerprint density at radius 3 is 2.91 bits per heavy atom. The number of hydrogen-bond acceptors (Lipinski definition) is 2. The van der Waals surface area contributed by atoms with Crippen LogP contribution in [0.1, 0.15) is 33.1 Å². The molecule has 2 heteroatoms. The molecule has 0 amide bonds. The van der Waals surface area contributed by atoms with Crippen molar-refractivity contribution in [1.29, 1.82) is 0 Å². The minimum atomic E-state index is 0.127. The van der Waals surface area contributed by atoms with E-state index < -0.39 is 0 Å². The van der Waals surface area contributed by atoms with Crippen molar-refractivity contribution >= 4 is 5.78 Å². The Morgan fingerprint density at radius 2 is 2.36 bits per heavy atom. The van der Waals surface area contributed by atoms with Crippen LogP contribution in [0.25, 0.3) is 0 Å². The molecule has 1 aliphatic rings. The highest BCUT2D eigenvalue weighted by molar-refractivity contribution is 5.91. The highest BCUT2D eigenvalue weighted by atomic mass is 16.5. The summed E-state index contributed by atoms with van der Waals surface area (Å²) < 4.78 is 5.50. The van der Waals surface area contributed by atoms with Crippen molar-refractivity contribution in [3.8, 4) is 0 Å². The van der Waals surface area contributed by atoms with Crippen molar-refractivity contribution in [3.63, 3.8) is 0 Å². The van der Waals surface area contributed by atoms with Gasteiger partial charge in [0, 0.05) is 18.9 Å². The maximum absolute atomic E-state index is 11.0. The van der Waals surface area contributed by atoms with Gasteiger partial charge in [0.15, 0.2) is 5.78 Å². The van der Waals surface area contributed by atoms with Gasteiger partial charge in [0.25, 0.3) is 0 Å². The van der Waals surface area contributed by atoms with E-state index in [4.69, 9.17) is 4.74 Å². The van der Waals surface area contributed by atoms with E-state index in [9.17, 15) is 4.79 Å². The molecule has 1 atom stereocenters. The van der Waals surface area contributed by atoms with Crippen LogP contribution in [0.3, 0.4) is 0 Å².